The molecule has 0 aliphatic rings. The van der Waals surface area contributed by atoms with Crippen molar-refractivity contribution in [2.45, 2.75) is 44.8 Å². The lowest BCUT2D eigenvalue weighted by Crippen LogP contribution is -2.54. The molecule has 0 spiro atoms. The number of carboxylic acids is 1. The number of carboxylic acid groups (broad SMARTS) is 1. The number of rotatable bonds is 12. The lowest BCUT2D eigenvalue weighted by Gasteiger charge is -2.21. The number of hydrogen-bond donors (Lipinski definition) is 7. The van der Waals surface area contributed by atoms with Crippen molar-refractivity contribution < 1.29 is 34.2 Å². The first-order valence-electron chi connectivity index (χ1n) is 8.24. The molecule has 154 valence electrons. The van der Waals surface area contributed by atoms with Crippen LogP contribution >= 0.6 is 0 Å². The molecule has 0 rings (SSSR count). The minimum absolute atomic E-state index is 0.145. The summed E-state index contributed by atoms with van der Waals surface area (Å²) in [5.74, 6) is -4.56. The number of aliphatic carboxylic acids is 1. The summed E-state index contributed by atoms with van der Waals surface area (Å²) in [5, 5.41) is 24.4. The highest BCUT2D eigenvalue weighted by Crippen LogP contribution is 2.00. The van der Waals surface area contributed by atoms with Gasteiger partial charge in [-0.05, 0) is 12.3 Å². The molecular weight excluding hydrogens is 362 g/mol. The van der Waals surface area contributed by atoms with Crippen molar-refractivity contribution >= 4 is 29.6 Å². The number of nitrogens with one attached hydrogen (secondary N) is 3. The van der Waals surface area contributed by atoms with Gasteiger partial charge in [0.2, 0.25) is 23.6 Å². The van der Waals surface area contributed by atoms with Gasteiger partial charge in [-0.2, -0.15) is 0 Å². The van der Waals surface area contributed by atoms with E-state index in [2.05, 4.69) is 10.6 Å². The molecule has 9 N–H and O–H groups in total. The highest BCUT2D eigenvalue weighted by molar-refractivity contribution is 5.92. The second kappa shape index (κ2) is 11.8. The molecule has 0 aliphatic heterocycles. The van der Waals surface area contributed by atoms with Gasteiger partial charge in [0, 0.05) is 6.42 Å². The third-order valence-corrected chi connectivity index (χ3v) is 3.57. The Morgan fingerprint density at radius 3 is 2.04 bits per heavy atom. The Labute approximate surface area is 156 Å². The van der Waals surface area contributed by atoms with E-state index in [0.717, 1.165) is 0 Å². The Hall–Kier alpha value is -2.73. The Bertz CT molecular complexity index is 567. The van der Waals surface area contributed by atoms with E-state index in [1.165, 1.54) is 0 Å². The molecule has 0 aliphatic carbocycles. The largest absolute Gasteiger partial charge is 0.480 e. The van der Waals surface area contributed by atoms with Gasteiger partial charge >= 0.3 is 5.97 Å². The maximum Gasteiger partial charge on any atom is 0.328 e. The molecule has 0 aromatic carbocycles. The Kier molecular flexibility index (Phi) is 10.6. The van der Waals surface area contributed by atoms with Gasteiger partial charge in [0.1, 0.15) is 12.1 Å². The van der Waals surface area contributed by atoms with Crippen LogP contribution < -0.4 is 27.4 Å². The third kappa shape index (κ3) is 9.51. The summed E-state index contributed by atoms with van der Waals surface area (Å²) in [6.45, 7) is 2.13. The van der Waals surface area contributed by atoms with Crippen LogP contribution in [0.25, 0.3) is 0 Å². The second-order valence-electron chi connectivity index (χ2n) is 6.19. The van der Waals surface area contributed by atoms with Crippen molar-refractivity contribution in [1.29, 1.82) is 0 Å². The molecule has 0 fully saturated rings. The molecule has 0 aromatic heterocycles. The predicted octanol–water partition coefficient (Wildman–Crippen LogP) is -3.60. The van der Waals surface area contributed by atoms with Crippen LogP contribution in [0, 0.1) is 5.92 Å². The molecule has 3 atom stereocenters. The van der Waals surface area contributed by atoms with Gasteiger partial charge in [0.25, 0.3) is 0 Å². The summed E-state index contributed by atoms with van der Waals surface area (Å²) in [5.41, 5.74) is 10.7. The molecule has 0 saturated heterocycles. The maximum absolute atomic E-state index is 12.1. The van der Waals surface area contributed by atoms with Crippen LogP contribution in [-0.2, 0) is 24.0 Å². The fourth-order valence-corrected chi connectivity index (χ4v) is 1.85. The summed E-state index contributed by atoms with van der Waals surface area (Å²) < 4.78 is 0. The minimum Gasteiger partial charge on any atom is -0.480 e. The van der Waals surface area contributed by atoms with Crippen LogP contribution in [-0.4, -0.2) is 71.1 Å². The van der Waals surface area contributed by atoms with Crippen molar-refractivity contribution in [1.82, 2.24) is 16.0 Å². The smallest absolute Gasteiger partial charge is 0.328 e. The molecule has 0 radical (unpaired) electrons. The van der Waals surface area contributed by atoms with E-state index in [1.54, 1.807) is 13.8 Å². The highest BCUT2D eigenvalue weighted by Gasteiger charge is 2.26. The average molecular weight is 389 g/mol. The van der Waals surface area contributed by atoms with E-state index in [4.69, 9.17) is 21.7 Å². The number of aliphatic hydroxyl groups is 1. The highest BCUT2D eigenvalue weighted by atomic mass is 16.4. The summed E-state index contributed by atoms with van der Waals surface area (Å²) in [6.07, 6.45) is -0.441. The van der Waals surface area contributed by atoms with Crippen LogP contribution in [0.3, 0.4) is 0 Å². The molecule has 4 amide bonds. The second-order valence-corrected chi connectivity index (χ2v) is 6.19. The van der Waals surface area contributed by atoms with E-state index in [0.29, 0.717) is 0 Å². The summed E-state index contributed by atoms with van der Waals surface area (Å²) in [6, 6.07) is -3.67. The van der Waals surface area contributed by atoms with Crippen molar-refractivity contribution in [2.75, 3.05) is 13.2 Å². The predicted molar refractivity (Wildman–Crippen MR) is 92.8 cm³/mol. The quantitative estimate of drug-likeness (QED) is 0.176. The fourth-order valence-electron chi connectivity index (χ4n) is 1.85. The Balaban J connectivity index is 4.86. The van der Waals surface area contributed by atoms with Crippen molar-refractivity contribution in [3.05, 3.63) is 0 Å². The zero-order valence-corrected chi connectivity index (χ0v) is 15.2. The lowest BCUT2D eigenvalue weighted by atomic mass is 10.1. The van der Waals surface area contributed by atoms with Gasteiger partial charge in [-0.1, -0.05) is 13.8 Å². The number of aliphatic hydroxyl groups excluding tert-OH is 1. The van der Waals surface area contributed by atoms with Crippen LogP contribution in [0.4, 0.5) is 0 Å². The summed E-state index contributed by atoms with van der Waals surface area (Å²) in [4.78, 5) is 57.6. The maximum atomic E-state index is 12.1. The van der Waals surface area contributed by atoms with Crippen LogP contribution in [0.1, 0.15) is 26.7 Å². The Morgan fingerprint density at radius 1 is 1.00 bits per heavy atom. The Morgan fingerprint density at radius 2 is 1.59 bits per heavy atom. The third-order valence-electron chi connectivity index (χ3n) is 3.57. The number of carbonyl (C=O) groups is 5. The van der Waals surface area contributed by atoms with Gasteiger partial charge in [-0.3, -0.25) is 19.2 Å². The van der Waals surface area contributed by atoms with Crippen molar-refractivity contribution in [2.24, 2.45) is 17.4 Å². The van der Waals surface area contributed by atoms with Crippen molar-refractivity contribution in [3.63, 3.8) is 0 Å². The summed E-state index contributed by atoms with van der Waals surface area (Å²) in [7, 11) is 0. The van der Waals surface area contributed by atoms with Crippen LogP contribution in [0.5, 0.6) is 0 Å². The molecule has 0 saturated carbocycles. The first-order valence-corrected chi connectivity index (χ1v) is 8.24. The van der Waals surface area contributed by atoms with E-state index in [-0.39, 0.29) is 18.8 Å². The number of carbonyl (C=O) groups excluding carboxylic acids is 4. The molecule has 0 heterocycles. The van der Waals surface area contributed by atoms with Gasteiger partial charge in [0.15, 0.2) is 0 Å². The first-order chi connectivity index (χ1) is 12.5. The molecule has 12 nitrogen and oxygen atoms in total. The normalized spacial score (nSPS) is 14.0. The van der Waals surface area contributed by atoms with Crippen LogP contribution in [0.2, 0.25) is 0 Å². The van der Waals surface area contributed by atoms with Gasteiger partial charge in [0.05, 0.1) is 19.2 Å². The molecular formula is C15H27N5O7. The molecule has 3 unspecified atom stereocenters. The average Bonchev–Trinajstić information content (AvgIpc) is 2.59. The molecule has 0 bridgehead atoms. The van der Waals surface area contributed by atoms with E-state index in [1.807, 2.05) is 5.32 Å². The van der Waals surface area contributed by atoms with Gasteiger partial charge in [-0.25, -0.2) is 4.79 Å². The topological polar surface area (TPSA) is 214 Å². The van der Waals surface area contributed by atoms with Gasteiger partial charge < -0.3 is 37.6 Å². The zero-order valence-electron chi connectivity index (χ0n) is 15.2. The van der Waals surface area contributed by atoms with Gasteiger partial charge in [-0.15, -0.1) is 0 Å². The monoisotopic (exact) mass is 389 g/mol. The zero-order chi connectivity index (χ0) is 21.1. The number of nitrogens with two attached hydrogens (primary N) is 2. The first kappa shape index (κ1) is 24.3. The van der Waals surface area contributed by atoms with E-state index >= 15 is 0 Å². The van der Waals surface area contributed by atoms with Crippen molar-refractivity contribution in [3.8, 4) is 0 Å². The summed E-state index contributed by atoms with van der Waals surface area (Å²) >= 11 is 0. The molecule has 12 heteroatoms. The standard InChI is InChI=1S/C15H27N5O7/c1-7(2)12(17)14(25)18-5-11(23)19-8(3-4-10(16)22)13(24)20-9(6-21)15(26)27/h7-9,12,21H,3-6,17H2,1-2H3,(H2,16,22)(H,18,25)(H,19,23)(H,20,24)(H,26,27). The SMILES string of the molecule is CC(C)C(N)C(=O)NCC(=O)NC(CCC(N)=O)C(=O)NC(CO)C(=O)O. The molecule has 27 heavy (non-hydrogen) atoms. The van der Waals surface area contributed by atoms with E-state index < -0.39 is 60.9 Å². The lowest BCUT2D eigenvalue weighted by molar-refractivity contribution is -0.143. The number of primary amides is 1. The minimum atomic E-state index is -1.57. The molecule has 0 aromatic rings. The fraction of sp³-hybridized carbons (Fsp3) is 0.667. The van der Waals surface area contributed by atoms with Crippen LogP contribution in [0.15, 0.2) is 0 Å². The van der Waals surface area contributed by atoms with E-state index in [9.17, 15) is 24.0 Å². The number of amides is 4. The number of hydrogen-bond acceptors (Lipinski definition) is 7.